The van der Waals surface area contributed by atoms with Crippen LogP contribution in [0.25, 0.3) is 10.2 Å². The number of nitrogens with zero attached hydrogens (tertiary/aromatic N) is 2. The largest absolute Gasteiger partial charge is 0.357 e. The Labute approximate surface area is 103 Å². The molecule has 2 heterocycles. The summed E-state index contributed by atoms with van der Waals surface area (Å²) in [5.41, 5.74) is 0.899. The van der Waals surface area contributed by atoms with E-state index in [0.29, 0.717) is 12.4 Å². The third kappa shape index (κ3) is 2.52. The molecule has 0 aliphatic rings. The Hall–Kier alpha value is -1.69. The van der Waals surface area contributed by atoms with E-state index in [1.165, 1.54) is 6.33 Å². The number of hydrogen-bond donors (Lipinski definition) is 2. The quantitative estimate of drug-likeness (QED) is 0.865. The highest BCUT2D eigenvalue weighted by molar-refractivity contribution is 7.17. The molecule has 5 nitrogen and oxygen atoms in total. The second-order valence-corrected chi connectivity index (χ2v) is 4.53. The summed E-state index contributed by atoms with van der Waals surface area (Å²) in [6, 6.07) is 1.62. The Bertz CT molecular complexity index is 525. The van der Waals surface area contributed by atoms with E-state index in [4.69, 9.17) is 0 Å². The van der Waals surface area contributed by atoms with Crippen LogP contribution in [0.3, 0.4) is 0 Å². The van der Waals surface area contributed by atoms with Crippen LogP contribution < -0.4 is 10.6 Å². The van der Waals surface area contributed by atoms with E-state index in [9.17, 15) is 4.79 Å². The lowest BCUT2D eigenvalue weighted by atomic mass is 10.3. The second kappa shape index (κ2) is 5.09. The number of aromatic nitrogens is 2. The zero-order chi connectivity index (χ0) is 12.3. The molecule has 1 amide bonds. The molecule has 0 bridgehead atoms. The van der Waals surface area contributed by atoms with Gasteiger partial charge in [0.05, 0.1) is 10.2 Å². The summed E-state index contributed by atoms with van der Waals surface area (Å²) in [4.78, 5) is 19.9. The number of rotatable bonds is 4. The van der Waals surface area contributed by atoms with Gasteiger partial charge in [-0.1, -0.05) is 0 Å². The average Bonchev–Trinajstić information content (AvgIpc) is 2.78. The van der Waals surface area contributed by atoms with Gasteiger partial charge < -0.3 is 10.6 Å². The van der Waals surface area contributed by atoms with Gasteiger partial charge in [-0.25, -0.2) is 9.97 Å². The number of carbonyl (C=O) groups is 1. The van der Waals surface area contributed by atoms with Crippen LogP contribution >= 0.6 is 11.3 Å². The van der Waals surface area contributed by atoms with Gasteiger partial charge in [0.25, 0.3) is 0 Å². The first kappa shape index (κ1) is 11.8. The van der Waals surface area contributed by atoms with E-state index >= 15 is 0 Å². The first-order valence-electron chi connectivity index (χ1n) is 5.44. The van der Waals surface area contributed by atoms with Crippen molar-refractivity contribution in [1.82, 2.24) is 15.3 Å². The maximum Gasteiger partial charge on any atom is 0.242 e. The van der Waals surface area contributed by atoms with E-state index in [1.807, 2.05) is 25.3 Å². The lowest BCUT2D eigenvalue weighted by molar-refractivity contribution is -0.121. The molecule has 0 saturated carbocycles. The third-order valence-electron chi connectivity index (χ3n) is 2.34. The summed E-state index contributed by atoms with van der Waals surface area (Å²) in [5.74, 6) is 0.680. The van der Waals surface area contributed by atoms with Crippen molar-refractivity contribution in [3.63, 3.8) is 0 Å². The van der Waals surface area contributed by atoms with Crippen LogP contribution in [0.15, 0.2) is 17.8 Å². The van der Waals surface area contributed by atoms with Gasteiger partial charge in [0, 0.05) is 6.54 Å². The highest BCUT2D eigenvalue weighted by Crippen LogP contribution is 2.25. The van der Waals surface area contributed by atoms with Crippen LogP contribution in [0, 0.1) is 0 Å². The number of thiophene rings is 1. The van der Waals surface area contributed by atoms with E-state index in [0.717, 1.165) is 10.2 Å². The normalized spacial score (nSPS) is 12.4. The Balaban J connectivity index is 2.18. The zero-order valence-electron chi connectivity index (χ0n) is 9.73. The fourth-order valence-electron chi connectivity index (χ4n) is 1.49. The maximum absolute atomic E-state index is 11.6. The van der Waals surface area contributed by atoms with Crippen LogP contribution in [0.4, 0.5) is 5.82 Å². The van der Waals surface area contributed by atoms with Crippen LogP contribution in [0.1, 0.15) is 13.8 Å². The minimum Gasteiger partial charge on any atom is -0.357 e. The van der Waals surface area contributed by atoms with Crippen molar-refractivity contribution in [3.05, 3.63) is 17.8 Å². The molecule has 17 heavy (non-hydrogen) atoms. The van der Waals surface area contributed by atoms with Crippen LogP contribution in [0.2, 0.25) is 0 Å². The summed E-state index contributed by atoms with van der Waals surface area (Å²) in [6.07, 6.45) is 1.50. The summed E-state index contributed by atoms with van der Waals surface area (Å²) in [5, 5.41) is 7.83. The standard InChI is InChI=1S/C11H14N4OS/c1-3-12-11(16)7(2)15-10-9-8(4-5-17-9)13-6-14-10/h4-7H,3H2,1-2H3,(H,12,16)(H,13,14,15)/t7-/m1/s1. The number of anilines is 1. The first-order chi connectivity index (χ1) is 8.22. The van der Waals surface area contributed by atoms with Gasteiger partial charge in [0.15, 0.2) is 0 Å². The van der Waals surface area contributed by atoms with Gasteiger partial charge in [-0.3, -0.25) is 4.79 Å². The van der Waals surface area contributed by atoms with Crippen molar-refractivity contribution in [2.75, 3.05) is 11.9 Å². The molecule has 0 saturated heterocycles. The molecular formula is C11H14N4OS. The molecule has 2 N–H and O–H groups in total. The van der Waals surface area contributed by atoms with Crippen LogP contribution in [-0.4, -0.2) is 28.5 Å². The molecular weight excluding hydrogens is 236 g/mol. The van der Waals surface area contributed by atoms with Gasteiger partial charge >= 0.3 is 0 Å². The monoisotopic (exact) mass is 250 g/mol. The zero-order valence-corrected chi connectivity index (χ0v) is 10.5. The van der Waals surface area contributed by atoms with Gasteiger partial charge in [-0.15, -0.1) is 11.3 Å². The highest BCUT2D eigenvalue weighted by atomic mass is 32.1. The smallest absolute Gasteiger partial charge is 0.242 e. The fourth-order valence-corrected chi connectivity index (χ4v) is 2.29. The minimum absolute atomic E-state index is 0.0316. The number of likely N-dealkylation sites (N-methyl/N-ethyl adjacent to an activating group) is 1. The van der Waals surface area contributed by atoms with Crippen molar-refractivity contribution < 1.29 is 4.79 Å². The molecule has 0 unspecified atom stereocenters. The van der Waals surface area contributed by atoms with E-state index in [2.05, 4.69) is 20.6 Å². The van der Waals surface area contributed by atoms with Crippen molar-refractivity contribution in [2.24, 2.45) is 0 Å². The molecule has 1 atom stereocenters. The number of fused-ring (bicyclic) bond motifs is 1. The van der Waals surface area contributed by atoms with Crippen LogP contribution in [-0.2, 0) is 4.79 Å². The third-order valence-corrected chi connectivity index (χ3v) is 3.25. The Kier molecular flexibility index (Phi) is 3.53. The molecule has 0 aromatic carbocycles. The first-order valence-corrected chi connectivity index (χ1v) is 6.32. The van der Waals surface area contributed by atoms with Crippen LogP contribution in [0.5, 0.6) is 0 Å². The molecule has 0 radical (unpaired) electrons. The topological polar surface area (TPSA) is 66.9 Å². The van der Waals surface area contributed by atoms with Crippen molar-refractivity contribution in [2.45, 2.75) is 19.9 Å². The molecule has 90 valence electrons. The van der Waals surface area contributed by atoms with Crippen molar-refractivity contribution in [3.8, 4) is 0 Å². The van der Waals surface area contributed by atoms with Gasteiger partial charge in [-0.2, -0.15) is 0 Å². The van der Waals surface area contributed by atoms with Crippen molar-refractivity contribution >= 4 is 33.3 Å². The predicted molar refractivity (Wildman–Crippen MR) is 69.2 cm³/mol. The average molecular weight is 250 g/mol. The van der Waals surface area contributed by atoms with E-state index in [-0.39, 0.29) is 11.9 Å². The van der Waals surface area contributed by atoms with Gasteiger partial charge in [-0.05, 0) is 25.3 Å². The molecule has 0 spiro atoms. The summed E-state index contributed by atoms with van der Waals surface area (Å²) in [7, 11) is 0. The van der Waals surface area contributed by atoms with Crippen molar-refractivity contribution in [1.29, 1.82) is 0 Å². The molecule has 6 heteroatoms. The molecule has 0 fully saturated rings. The number of amides is 1. The number of hydrogen-bond acceptors (Lipinski definition) is 5. The summed E-state index contributed by atoms with van der Waals surface area (Å²) in [6.45, 7) is 4.34. The fraction of sp³-hybridized carbons (Fsp3) is 0.364. The van der Waals surface area contributed by atoms with Gasteiger partial charge in [0.2, 0.25) is 5.91 Å². The SMILES string of the molecule is CCNC(=O)[C@@H](C)Nc1ncnc2ccsc12. The summed E-state index contributed by atoms with van der Waals surface area (Å²) >= 11 is 1.56. The predicted octanol–water partition coefficient (Wildman–Crippen LogP) is 1.63. The minimum atomic E-state index is -0.310. The lowest BCUT2D eigenvalue weighted by Crippen LogP contribution is -2.37. The van der Waals surface area contributed by atoms with E-state index in [1.54, 1.807) is 11.3 Å². The molecule has 2 aromatic heterocycles. The Morgan fingerprint density at radius 3 is 3.12 bits per heavy atom. The number of carbonyl (C=O) groups excluding carboxylic acids is 1. The van der Waals surface area contributed by atoms with Gasteiger partial charge in [0.1, 0.15) is 18.2 Å². The molecule has 2 rings (SSSR count). The Morgan fingerprint density at radius 1 is 1.53 bits per heavy atom. The molecule has 0 aliphatic carbocycles. The maximum atomic E-state index is 11.6. The number of nitrogens with one attached hydrogen (secondary N) is 2. The highest BCUT2D eigenvalue weighted by Gasteiger charge is 2.14. The van der Waals surface area contributed by atoms with E-state index < -0.39 is 0 Å². The second-order valence-electron chi connectivity index (χ2n) is 3.62. The molecule has 2 aromatic rings. The lowest BCUT2D eigenvalue weighted by Gasteiger charge is -2.13. The molecule has 0 aliphatic heterocycles. The Morgan fingerprint density at radius 2 is 2.35 bits per heavy atom. The summed E-state index contributed by atoms with van der Waals surface area (Å²) < 4.78 is 0.976.